The molecule has 2 N–H and O–H groups in total. The van der Waals surface area contributed by atoms with Crippen LogP contribution < -0.4 is 0 Å². The molecule has 0 spiro atoms. The molecule has 0 saturated heterocycles. The lowest BCUT2D eigenvalue weighted by molar-refractivity contribution is -0.154. The Bertz CT molecular complexity index is 204. The zero-order chi connectivity index (χ0) is 9.56. The second-order valence-electron chi connectivity index (χ2n) is 2.28. The van der Waals surface area contributed by atoms with Crippen LogP contribution in [0.2, 0.25) is 0 Å². The van der Waals surface area contributed by atoms with E-state index in [2.05, 4.69) is 0 Å². The first kappa shape index (κ1) is 10.4. The summed E-state index contributed by atoms with van der Waals surface area (Å²) in [6.07, 6.45) is 0.509. The molecule has 0 saturated carbocycles. The monoisotopic (exact) mass is 171 g/mol. The molecule has 0 fully saturated rings. The predicted molar refractivity (Wildman–Crippen MR) is 38.2 cm³/mol. The van der Waals surface area contributed by atoms with Crippen LogP contribution >= 0.6 is 0 Å². The molecule has 0 heterocycles. The molecule has 0 aliphatic carbocycles. The smallest absolute Gasteiger partial charge is 0.317 e. The van der Waals surface area contributed by atoms with Crippen LogP contribution in [0.25, 0.3) is 0 Å². The zero-order valence-electron chi connectivity index (χ0n) is 6.36. The molecule has 5 nitrogen and oxygen atoms in total. The van der Waals surface area contributed by atoms with Gasteiger partial charge in [-0.25, -0.2) is 0 Å². The third-order valence-electron chi connectivity index (χ3n) is 1.38. The lowest BCUT2D eigenvalue weighted by atomic mass is 10.0. The summed E-state index contributed by atoms with van der Waals surface area (Å²) in [5.74, 6) is -4.07. The molecule has 0 radical (unpaired) electrons. The topological polar surface area (TPSA) is 98.4 Å². The Balaban J connectivity index is 3.91. The van der Waals surface area contributed by atoms with Gasteiger partial charge in [0.05, 0.1) is 6.07 Å². The van der Waals surface area contributed by atoms with E-state index in [1.54, 1.807) is 0 Å². The molecule has 0 aromatic rings. The number of nitrogens with zero attached hydrogens (tertiary/aromatic N) is 1. The van der Waals surface area contributed by atoms with E-state index in [0.717, 1.165) is 0 Å². The molecule has 0 aliphatic heterocycles. The lowest BCUT2D eigenvalue weighted by Gasteiger charge is -2.03. The summed E-state index contributed by atoms with van der Waals surface area (Å²) >= 11 is 0. The van der Waals surface area contributed by atoms with Gasteiger partial charge in [-0.15, -0.1) is 0 Å². The van der Waals surface area contributed by atoms with Crippen LogP contribution in [0.15, 0.2) is 0 Å². The zero-order valence-corrected chi connectivity index (χ0v) is 6.36. The van der Waals surface area contributed by atoms with E-state index in [1.807, 2.05) is 6.07 Å². The number of carbonyl (C=O) groups is 2. The maximum absolute atomic E-state index is 10.3. The number of hydrogen-bond acceptors (Lipinski definition) is 3. The maximum Gasteiger partial charge on any atom is 0.317 e. The number of carboxylic acids is 2. The molecule has 66 valence electrons. The Morgan fingerprint density at radius 1 is 1.33 bits per heavy atom. The van der Waals surface area contributed by atoms with Crippen LogP contribution in [0.1, 0.15) is 19.3 Å². The number of aliphatic carboxylic acids is 2. The van der Waals surface area contributed by atoms with Gasteiger partial charge in [-0.05, 0) is 12.8 Å². The van der Waals surface area contributed by atoms with Crippen molar-refractivity contribution in [3.8, 4) is 6.07 Å². The lowest BCUT2D eigenvalue weighted by Crippen LogP contribution is -2.23. The molecule has 0 aromatic carbocycles. The van der Waals surface area contributed by atoms with E-state index in [0.29, 0.717) is 6.42 Å². The summed E-state index contributed by atoms with van der Waals surface area (Å²) in [7, 11) is 0. The van der Waals surface area contributed by atoms with Gasteiger partial charge in [-0.2, -0.15) is 5.26 Å². The molecule has 0 atom stereocenters. The number of rotatable bonds is 5. The van der Waals surface area contributed by atoms with E-state index in [4.69, 9.17) is 15.5 Å². The first-order chi connectivity index (χ1) is 5.59. The van der Waals surface area contributed by atoms with Crippen molar-refractivity contribution in [2.45, 2.75) is 19.3 Å². The first-order valence-corrected chi connectivity index (χ1v) is 3.42. The van der Waals surface area contributed by atoms with Crippen molar-refractivity contribution in [1.29, 1.82) is 5.26 Å². The third kappa shape index (κ3) is 3.56. The van der Waals surface area contributed by atoms with Gasteiger partial charge in [-0.3, -0.25) is 9.59 Å². The molecule has 12 heavy (non-hydrogen) atoms. The van der Waals surface area contributed by atoms with Crippen LogP contribution in [0.4, 0.5) is 0 Å². The number of carboxylic acid groups (broad SMARTS) is 2. The van der Waals surface area contributed by atoms with Crippen LogP contribution in [0.5, 0.6) is 0 Å². The van der Waals surface area contributed by atoms with Crippen molar-refractivity contribution in [2.75, 3.05) is 0 Å². The fourth-order valence-corrected chi connectivity index (χ4v) is 0.738. The predicted octanol–water partition coefficient (Wildman–Crippen LogP) is 0.466. The average molecular weight is 171 g/mol. The van der Waals surface area contributed by atoms with E-state index in [1.165, 1.54) is 0 Å². The molecule has 0 aliphatic rings. The van der Waals surface area contributed by atoms with Crippen LogP contribution in [0, 0.1) is 17.2 Å². The largest absolute Gasteiger partial charge is 0.481 e. The molecular weight excluding hydrogens is 162 g/mol. The highest BCUT2D eigenvalue weighted by Crippen LogP contribution is 2.08. The molecule has 0 bridgehead atoms. The van der Waals surface area contributed by atoms with Gasteiger partial charge in [0.15, 0.2) is 5.92 Å². The van der Waals surface area contributed by atoms with Crippen LogP contribution in [-0.4, -0.2) is 22.2 Å². The van der Waals surface area contributed by atoms with Gasteiger partial charge < -0.3 is 10.2 Å². The van der Waals surface area contributed by atoms with Gasteiger partial charge in [0.2, 0.25) is 0 Å². The van der Waals surface area contributed by atoms with Crippen molar-refractivity contribution in [3.05, 3.63) is 0 Å². The minimum atomic E-state index is -1.38. The Hall–Kier alpha value is -1.57. The highest BCUT2D eigenvalue weighted by Gasteiger charge is 2.24. The van der Waals surface area contributed by atoms with Gasteiger partial charge in [-0.1, -0.05) is 0 Å². The highest BCUT2D eigenvalue weighted by atomic mass is 16.4. The molecule has 0 aromatic heterocycles. The summed E-state index contributed by atoms with van der Waals surface area (Å²) in [6.45, 7) is 0. The first-order valence-electron chi connectivity index (χ1n) is 3.42. The van der Waals surface area contributed by atoms with E-state index < -0.39 is 17.9 Å². The number of unbranched alkanes of at least 4 members (excludes halogenated alkanes) is 1. The molecular formula is C7H9NO4. The van der Waals surface area contributed by atoms with Crippen LogP contribution in [-0.2, 0) is 9.59 Å². The van der Waals surface area contributed by atoms with E-state index in [-0.39, 0.29) is 12.8 Å². The van der Waals surface area contributed by atoms with Crippen LogP contribution in [0.3, 0.4) is 0 Å². The van der Waals surface area contributed by atoms with Crippen molar-refractivity contribution in [1.82, 2.24) is 0 Å². The normalized spacial score (nSPS) is 9.33. The standard InChI is InChI=1S/C7H9NO4/c8-4-2-1-3-5(6(9)10)7(11)12/h5H,1-3H2,(H,9,10)(H,11,12). The third-order valence-corrected chi connectivity index (χ3v) is 1.38. The van der Waals surface area contributed by atoms with Crippen molar-refractivity contribution < 1.29 is 19.8 Å². The van der Waals surface area contributed by atoms with Gasteiger partial charge in [0.25, 0.3) is 0 Å². The average Bonchev–Trinajstić information content (AvgIpc) is 1.96. The SMILES string of the molecule is N#CCCCC(C(=O)O)C(=O)O. The Morgan fingerprint density at radius 2 is 1.83 bits per heavy atom. The van der Waals surface area contributed by atoms with Gasteiger partial charge in [0, 0.05) is 6.42 Å². The van der Waals surface area contributed by atoms with Gasteiger partial charge in [0.1, 0.15) is 0 Å². The summed E-state index contributed by atoms with van der Waals surface area (Å²) in [4.78, 5) is 20.5. The Labute approximate surface area is 69.2 Å². The fourth-order valence-electron chi connectivity index (χ4n) is 0.738. The molecule has 0 amide bonds. The highest BCUT2D eigenvalue weighted by molar-refractivity contribution is 5.92. The van der Waals surface area contributed by atoms with Crippen molar-refractivity contribution in [2.24, 2.45) is 5.92 Å². The summed E-state index contributed by atoms with van der Waals surface area (Å²) in [5, 5.41) is 24.9. The Kier molecular flexibility index (Phi) is 4.46. The minimum absolute atomic E-state index is 0.0121. The second-order valence-corrected chi connectivity index (χ2v) is 2.28. The summed E-state index contributed by atoms with van der Waals surface area (Å²) in [5.41, 5.74) is 0. The fraction of sp³-hybridized carbons (Fsp3) is 0.571. The quantitative estimate of drug-likeness (QED) is 0.462. The minimum Gasteiger partial charge on any atom is -0.481 e. The Morgan fingerprint density at radius 3 is 2.17 bits per heavy atom. The van der Waals surface area contributed by atoms with Crippen molar-refractivity contribution in [3.63, 3.8) is 0 Å². The molecule has 5 heteroatoms. The number of hydrogen-bond donors (Lipinski definition) is 2. The van der Waals surface area contributed by atoms with Crippen molar-refractivity contribution >= 4 is 11.9 Å². The summed E-state index contributed by atoms with van der Waals surface area (Å²) in [6, 6.07) is 1.82. The summed E-state index contributed by atoms with van der Waals surface area (Å²) < 4.78 is 0. The van der Waals surface area contributed by atoms with E-state index >= 15 is 0 Å². The van der Waals surface area contributed by atoms with E-state index in [9.17, 15) is 9.59 Å². The molecule has 0 unspecified atom stereocenters. The number of nitriles is 1. The second kappa shape index (κ2) is 5.13. The molecule has 0 rings (SSSR count). The van der Waals surface area contributed by atoms with Gasteiger partial charge >= 0.3 is 11.9 Å². The maximum atomic E-state index is 10.3.